The predicted octanol–water partition coefficient (Wildman–Crippen LogP) is 4.94. The molecule has 0 unspecified atom stereocenters. The highest BCUT2D eigenvalue weighted by atomic mass is 79.9. The van der Waals surface area contributed by atoms with Gasteiger partial charge in [-0.15, -0.1) is 0 Å². The lowest BCUT2D eigenvalue weighted by molar-refractivity contribution is 0.476. The Kier molecular flexibility index (Phi) is 4.27. The molecule has 3 rings (SSSR count). The molecule has 2 nitrogen and oxygen atoms in total. The molecule has 1 fully saturated rings. The zero-order chi connectivity index (χ0) is 14.8. The molecule has 0 heterocycles. The molecule has 0 saturated heterocycles. The molecule has 1 aliphatic rings. The van der Waals surface area contributed by atoms with Crippen molar-refractivity contribution in [2.45, 2.75) is 32.4 Å². The molecule has 110 valence electrons. The molecule has 2 aromatic carbocycles. The van der Waals surface area contributed by atoms with Gasteiger partial charge in [-0.1, -0.05) is 12.1 Å². The van der Waals surface area contributed by atoms with E-state index < -0.39 is 0 Å². The van der Waals surface area contributed by atoms with Gasteiger partial charge in [-0.2, -0.15) is 0 Å². The van der Waals surface area contributed by atoms with Gasteiger partial charge in [0.2, 0.25) is 0 Å². The molecule has 0 amide bonds. The first-order valence-corrected chi connectivity index (χ1v) is 7.87. The molecule has 2 aromatic rings. The smallest absolute Gasteiger partial charge is 0.137 e. The Balaban J connectivity index is 1.70. The molecule has 0 atom stereocenters. The zero-order valence-electron chi connectivity index (χ0n) is 11.8. The summed E-state index contributed by atoms with van der Waals surface area (Å²) in [6.07, 6.45) is 2.58. The van der Waals surface area contributed by atoms with E-state index in [1.807, 2.05) is 13.0 Å². The van der Waals surface area contributed by atoms with Crippen molar-refractivity contribution in [3.63, 3.8) is 0 Å². The van der Waals surface area contributed by atoms with Crippen molar-refractivity contribution in [1.29, 1.82) is 0 Å². The van der Waals surface area contributed by atoms with Crippen LogP contribution in [0.1, 0.15) is 24.0 Å². The fourth-order valence-corrected chi connectivity index (χ4v) is 2.51. The highest BCUT2D eigenvalue weighted by Gasteiger charge is 2.19. The van der Waals surface area contributed by atoms with Gasteiger partial charge < -0.3 is 10.1 Å². The molecule has 0 aliphatic heterocycles. The number of hydrogen-bond acceptors (Lipinski definition) is 2. The summed E-state index contributed by atoms with van der Waals surface area (Å²) in [5, 5.41) is 3.49. The highest BCUT2D eigenvalue weighted by Crippen LogP contribution is 2.29. The van der Waals surface area contributed by atoms with Crippen LogP contribution in [0.15, 0.2) is 40.9 Å². The number of rotatable bonds is 5. The number of hydrogen-bond donors (Lipinski definition) is 1. The van der Waals surface area contributed by atoms with E-state index in [4.69, 9.17) is 4.74 Å². The summed E-state index contributed by atoms with van der Waals surface area (Å²) in [5.74, 6) is 1.12. The maximum atomic E-state index is 13.2. The Morgan fingerprint density at radius 3 is 2.71 bits per heavy atom. The second-order valence-electron chi connectivity index (χ2n) is 5.43. The summed E-state index contributed by atoms with van der Waals surface area (Å²) in [6, 6.07) is 11.5. The van der Waals surface area contributed by atoms with Gasteiger partial charge >= 0.3 is 0 Å². The average molecular weight is 350 g/mol. The lowest BCUT2D eigenvalue weighted by Crippen LogP contribution is -2.15. The van der Waals surface area contributed by atoms with Gasteiger partial charge in [-0.3, -0.25) is 0 Å². The fourth-order valence-electron chi connectivity index (χ4n) is 2.15. The Hall–Kier alpha value is -1.39. The molecule has 0 radical (unpaired) electrons. The van der Waals surface area contributed by atoms with Crippen LogP contribution in [-0.2, 0) is 6.54 Å². The van der Waals surface area contributed by atoms with E-state index in [1.165, 1.54) is 24.5 Å². The number of aryl methyl sites for hydroxylation is 1. The molecule has 0 aromatic heterocycles. The molecule has 1 aliphatic carbocycles. The number of halogens is 2. The molecular weight excluding hydrogens is 333 g/mol. The van der Waals surface area contributed by atoms with Crippen molar-refractivity contribution in [1.82, 2.24) is 5.32 Å². The lowest BCUT2D eigenvalue weighted by atomic mass is 10.1. The van der Waals surface area contributed by atoms with Crippen molar-refractivity contribution >= 4 is 15.9 Å². The quantitative estimate of drug-likeness (QED) is 0.825. The number of ether oxygens (including phenoxy) is 1. The maximum absolute atomic E-state index is 13.2. The van der Waals surface area contributed by atoms with Gasteiger partial charge in [0.1, 0.15) is 17.3 Å². The van der Waals surface area contributed by atoms with E-state index in [-0.39, 0.29) is 5.82 Å². The molecule has 4 heteroatoms. The lowest BCUT2D eigenvalue weighted by Gasteiger charge is -2.11. The first kappa shape index (κ1) is 14.5. The second kappa shape index (κ2) is 6.16. The number of benzene rings is 2. The van der Waals surface area contributed by atoms with E-state index >= 15 is 0 Å². The van der Waals surface area contributed by atoms with Crippen LogP contribution in [0.4, 0.5) is 4.39 Å². The highest BCUT2D eigenvalue weighted by molar-refractivity contribution is 9.10. The maximum Gasteiger partial charge on any atom is 0.137 e. The summed E-state index contributed by atoms with van der Waals surface area (Å²) < 4.78 is 19.4. The first-order valence-electron chi connectivity index (χ1n) is 7.07. The summed E-state index contributed by atoms with van der Waals surface area (Å²) in [5.41, 5.74) is 2.33. The van der Waals surface area contributed by atoms with Crippen molar-refractivity contribution in [2.75, 3.05) is 0 Å². The monoisotopic (exact) mass is 349 g/mol. The summed E-state index contributed by atoms with van der Waals surface area (Å²) >= 11 is 3.17. The minimum atomic E-state index is -0.291. The summed E-state index contributed by atoms with van der Waals surface area (Å²) in [7, 11) is 0. The van der Waals surface area contributed by atoms with E-state index in [1.54, 1.807) is 12.1 Å². The van der Waals surface area contributed by atoms with E-state index in [0.29, 0.717) is 16.3 Å². The van der Waals surface area contributed by atoms with E-state index in [9.17, 15) is 4.39 Å². The van der Waals surface area contributed by atoms with Gasteiger partial charge in [0, 0.05) is 12.6 Å². The standard InChI is InChI=1S/C17H17BrFNO/c1-11-8-12(10-20-13-3-4-13)2-7-17(11)21-14-5-6-16(19)15(18)9-14/h2,5-9,13,20H,3-4,10H2,1H3. The third-order valence-corrected chi connectivity index (χ3v) is 4.14. The van der Waals surface area contributed by atoms with E-state index in [2.05, 4.69) is 33.4 Å². The van der Waals surface area contributed by atoms with Crippen LogP contribution < -0.4 is 10.1 Å². The fraction of sp³-hybridized carbons (Fsp3) is 0.294. The Labute approximate surface area is 132 Å². The van der Waals surface area contributed by atoms with Gasteiger partial charge in [0.25, 0.3) is 0 Å². The van der Waals surface area contributed by atoms with Crippen molar-refractivity contribution < 1.29 is 9.13 Å². The SMILES string of the molecule is Cc1cc(CNC2CC2)ccc1Oc1ccc(F)c(Br)c1. The van der Waals surface area contributed by atoms with Crippen molar-refractivity contribution in [3.8, 4) is 11.5 Å². The number of nitrogens with one attached hydrogen (secondary N) is 1. The van der Waals surface area contributed by atoms with Crippen LogP contribution in [0.25, 0.3) is 0 Å². The normalized spacial score (nSPS) is 14.2. The van der Waals surface area contributed by atoms with Crippen molar-refractivity contribution in [3.05, 3.63) is 57.8 Å². The Morgan fingerprint density at radius 1 is 1.24 bits per heavy atom. The Morgan fingerprint density at radius 2 is 2.05 bits per heavy atom. The minimum Gasteiger partial charge on any atom is -0.457 e. The van der Waals surface area contributed by atoms with Crippen LogP contribution in [0.5, 0.6) is 11.5 Å². The largest absolute Gasteiger partial charge is 0.457 e. The molecule has 0 spiro atoms. The van der Waals surface area contributed by atoms with Crippen LogP contribution in [0, 0.1) is 12.7 Å². The molecule has 0 bridgehead atoms. The minimum absolute atomic E-state index is 0.291. The Bertz CT molecular complexity index is 655. The molecule has 1 saturated carbocycles. The van der Waals surface area contributed by atoms with Crippen LogP contribution in [0.3, 0.4) is 0 Å². The zero-order valence-corrected chi connectivity index (χ0v) is 13.4. The van der Waals surface area contributed by atoms with Crippen LogP contribution in [0.2, 0.25) is 0 Å². The van der Waals surface area contributed by atoms with Gasteiger partial charge in [0.05, 0.1) is 4.47 Å². The summed E-state index contributed by atoms with van der Waals surface area (Å²) in [6.45, 7) is 2.92. The van der Waals surface area contributed by atoms with Gasteiger partial charge in [-0.25, -0.2) is 4.39 Å². The van der Waals surface area contributed by atoms with E-state index in [0.717, 1.165) is 17.9 Å². The van der Waals surface area contributed by atoms with Gasteiger partial charge in [0.15, 0.2) is 0 Å². The topological polar surface area (TPSA) is 21.3 Å². The van der Waals surface area contributed by atoms with Crippen molar-refractivity contribution in [2.24, 2.45) is 0 Å². The molecular formula is C17H17BrFNO. The second-order valence-corrected chi connectivity index (χ2v) is 6.29. The van der Waals surface area contributed by atoms with Gasteiger partial charge in [-0.05, 0) is 71.1 Å². The molecule has 1 N–H and O–H groups in total. The predicted molar refractivity (Wildman–Crippen MR) is 85.2 cm³/mol. The van der Waals surface area contributed by atoms with Crippen LogP contribution in [-0.4, -0.2) is 6.04 Å². The van der Waals surface area contributed by atoms with Crippen LogP contribution >= 0.6 is 15.9 Å². The average Bonchev–Trinajstić information content (AvgIpc) is 3.27. The molecule has 21 heavy (non-hydrogen) atoms. The third-order valence-electron chi connectivity index (χ3n) is 3.53. The third kappa shape index (κ3) is 3.83. The summed E-state index contributed by atoms with van der Waals surface area (Å²) in [4.78, 5) is 0. The first-order chi connectivity index (χ1) is 10.1.